The lowest BCUT2D eigenvalue weighted by atomic mass is 9.66. The molecule has 2 N–H and O–H groups in total. The Morgan fingerprint density at radius 3 is 3.04 bits per heavy atom. The van der Waals surface area contributed by atoms with Crippen LogP contribution >= 0.6 is 0 Å². The molecule has 3 heterocycles. The lowest BCUT2D eigenvalue weighted by molar-refractivity contribution is 0.529. The van der Waals surface area contributed by atoms with Gasteiger partial charge in [-0.15, -0.1) is 0 Å². The number of benzene rings is 1. The molecule has 28 heavy (non-hydrogen) atoms. The number of nitrogens with zero attached hydrogens (tertiary/aromatic N) is 4. The lowest BCUT2D eigenvalue weighted by Crippen LogP contribution is -2.40. The average molecular weight is 366 g/mol. The molecule has 0 saturated heterocycles. The van der Waals surface area contributed by atoms with Gasteiger partial charge >= 0.3 is 0 Å². The molecule has 7 nitrogen and oxygen atoms in total. The molecule has 0 aliphatic heterocycles. The van der Waals surface area contributed by atoms with E-state index in [1.165, 1.54) is 6.39 Å². The van der Waals surface area contributed by atoms with Gasteiger partial charge in [0.05, 0.1) is 23.0 Å². The number of nitrogens with one attached hydrogen (secondary N) is 2. The summed E-state index contributed by atoms with van der Waals surface area (Å²) in [7, 11) is 6.74. The Hall–Kier alpha value is -3.60. The smallest absolute Gasteiger partial charge is 0.181 e. The molecule has 4 aromatic rings. The predicted molar refractivity (Wildman–Crippen MR) is 105 cm³/mol. The van der Waals surface area contributed by atoms with E-state index in [-0.39, 0.29) is 0 Å². The van der Waals surface area contributed by atoms with E-state index in [1.54, 1.807) is 12.4 Å². The number of fused-ring (bicyclic) bond motifs is 2. The predicted octanol–water partition coefficient (Wildman–Crippen LogP) is 3.25. The van der Waals surface area contributed by atoms with Gasteiger partial charge in [0.15, 0.2) is 12.2 Å². The molecule has 0 unspecified atom stereocenters. The molecule has 134 valence electrons. The summed E-state index contributed by atoms with van der Waals surface area (Å²) >= 11 is 0. The molecule has 1 aliphatic rings. The maximum atomic E-state index is 9.13. The second kappa shape index (κ2) is 6.24. The topological polar surface area (TPSA) is 103 Å². The van der Waals surface area contributed by atoms with Gasteiger partial charge in [0.1, 0.15) is 19.6 Å². The van der Waals surface area contributed by atoms with Crippen molar-refractivity contribution < 1.29 is 4.42 Å². The highest BCUT2D eigenvalue weighted by molar-refractivity contribution is 6.17. The number of oxazole rings is 1. The van der Waals surface area contributed by atoms with Crippen molar-refractivity contribution >= 4 is 24.4 Å². The Morgan fingerprint density at radius 2 is 2.21 bits per heavy atom. The molecular weight excluding hydrogens is 351 g/mol. The van der Waals surface area contributed by atoms with Gasteiger partial charge < -0.3 is 9.73 Å². The highest BCUT2D eigenvalue weighted by Crippen LogP contribution is 2.36. The van der Waals surface area contributed by atoms with Crippen LogP contribution in [0.5, 0.6) is 0 Å². The molecular formula is C20H15BN6O. The Kier molecular flexibility index (Phi) is 3.69. The van der Waals surface area contributed by atoms with Crippen molar-refractivity contribution in [2.45, 2.75) is 24.7 Å². The Morgan fingerprint density at radius 1 is 1.29 bits per heavy atom. The zero-order chi connectivity index (χ0) is 19.1. The molecule has 8 heteroatoms. The highest BCUT2D eigenvalue weighted by atomic mass is 16.3. The van der Waals surface area contributed by atoms with Crippen molar-refractivity contribution in [2.75, 3.05) is 5.32 Å². The second-order valence-corrected chi connectivity index (χ2v) is 6.99. The monoisotopic (exact) mass is 366 g/mol. The van der Waals surface area contributed by atoms with Crippen LogP contribution in [0, 0.1) is 11.3 Å². The highest BCUT2D eigenvalue weighted by Gasteiger charge is 2.33. The molecule has 2 radical (unpaired) electrons. The third-order valence-corrected chi connectivity index (χ3v) is 5.13. The maximum absolute atomic E-state index is 9.13. The fraction of sp³-hybridized carbons (Fsp3) is 0.200. The molecule has 3 aromatic heterocycles. The molecule has 1 aromatic carbocycles. The summed E-state index contributed by atoms with van der Waals surface area (Å²) in [6.45, 7) is 0. The third kappa shape index (κ3) is 2.64. The zero-order valence-electron chi connectivity index (χ0n) is 14.9. The normalized spacial score (nSPS) is 18.5. The average Bonchev–Trinajstić information content (AvgIpc) is 3.37. The number of hydrogen-bond acceptors (Lipinski definition) is 6. The van der Waals surface area contributed by atoms with E-state index >= 15 is 0 Å². The number of nitriles is 1. The summed E-state index contributed by atoms with van der Waals surface area (Å²) < 4.78 is 5.39. The minimum absolute atomic E-state index is 0.555. The number of aromatic nitrogens is 4. The number of pyridine rings is 1. The summed E-state index contributed by atoms with van der Waals surface area (Å²) in [6, 6.07) is 9.92. The van der Waals surface area contributed by atoms with Crippen LogP contribution in [-0.2, 0) is 11.9 Å². The lowest BCUT2D eigenvalue weighted by Gasteiger charge is -2.37. The number of H-pyrrole nitrogens is 1. The number of rotatable bonds is 3. The summed E-state index contributed by atoms with van der Waals surface area (Å²) in [6.07, 6.45) is 7.13. The number of hydrogen-bond donors (Lipinski definition) is 2. The van der Waals surface area contributed by atoms with Crippen LogP contribution in [0.15, 0.2) is 47.5 Å². The summed E-state index contributed by atoms with van der Waals surface area (Å²) in [5.41, 5.74) is 4.01. The number of anilines is 1. The number of aryl methyl sites for hydroxylation is 1. The van der Waals surface area contributed by atoms with E-state index in [4.69, 9.17) is 17.5 Å². The van der Waals surface area contributed by atoms with Crippen molar-refractivity contribution in [3.8, 4) is 17.5 Å². The van der Waals surface area contributed by atoms with Gasteiger partial charge in [-0.05, 0) is 49.1 Å². The molecule has 1 aliphatic carbocycles. The van der Waals surface area contributed by atoms with Gasteiger partial charge in [-0.3, -0.25) is 10.1 Å². The largest absolute Gasteiger partial charge is 0.442 e. The van der Waals surface area contributed by atoms with Crippen LogP contribution in [0.2, 0.25) is 0 Å². The van der Waals surface area contributed by atoms with Gasteiger partial charge in [0.2, 0.25) is 0 Å². The molecule has 1 atom stereocenters. The summed E-state index contributed by atoms with van der Waals surface area (Å²) in [5.74, 6) is 0.597. The Bertz CT molecular complexity index is 1210. The first-order chi connectivity index (χ1) is 13.7. The van der Waals surface area contributed by atoms with Gasteiger partial charge in [-0.2, -0.15) is 10.4 Å². The van der Waals surface area contributed by atoms with Gasteiger partial charge in [-0.25, -0.2) is 4.98 Å². The summed E-state index contributed by atoms with van der Waals surface area (Å²) in [5, 5.41) is 20.8. The van der Waals surface area contributed by atoms with Gasteiger partial charge in [-0.1, -0.05) is 0 Å². The zero-order valence-corrected chi connectivity index (χ0v) is 14.9. The molecule has 0 fully saturated rings. The standard InChI is InChI=1S/C20H15BN6O/c21-20(5-1-2-13-6-12(8-22)9-24-19(13)20)25-14-3-4-16-15(7-14)18(27-26-16)17-10-23-11-28-17/h3-4,6-7,9-11,25H,1-2,5H2,(H,26,27)/t20-/m0/s1. The van der Waals surface area contributed by atoms with Crippen LogP contribution in [-0.4, -0.2) is 28.0 Å². The second-order valence-electron chi connectivity index (χ2n) is 6.99. The van der Waals surface area contributed by atoms with Crippen molar-refractivity contribution in [1.29, 1.82) is 5.26 Å². The first-order valence-corrected chi connectivity index (χ1v) is 9.00. The minimum Gasteiger partial charge on any atom is -0.442 e. The molecule has 0 bridgehead atoms. The van der Waals surface area contributed by atoms with E-state index in [2.05, 4.69) is 31.6 Å². The SMILES string of the molecule is [B][C@]1(Nc2ccc3[nH]nc(-c4cnco4)c3c2)CCCc2cc(C#N)cnc21. The fourth-order valence-electron chi connectivity index (χ4n) is 3.83. The van der Waals surface area contributed by atoms with Crippen LogP contribution in [0.1, 0.15) is 29.7 Å². The fourth-order valence-corrected chi connectivity index (χ4v) is 3.83. The van der Waals surface area contributed by atoms with E-state index in [9.17, 15) is 0 Å². The van der Waals surface area contributed by atoms with Crippen LogP contribution in [0.4, 0.5) is 5.69 Å². The van der Waals surface area contributed by atoms with E-state index in [0.29, 0.717) is 17.0 Å². The Labute approximate surface area is 162 Å². The first-order valence-electron chi connectivity index (χ1n) is 9.00. The van der Waals surface area contributed by atoms with Crippen molar-refractivity contribution in [1.82, 2.24) is 20.2 Å². The van der Waals surface area contributed by atoms with Crippen molar-refractivity contribution in [3.63, 3.8) is 0 Å². The maximum Gasteiger partial charge on any atom is 0.181 e. The molecule has 0 spiro atoms. The first kappa shape index (κ1) is 16.6. The molecule has 0 saturated carbocycles. The third-order valence-electron chi connectivity index (χ3n) is 5.13. The van der Waals surface area contributed by atoms with E-state index < -0.39 is 5.44 Å². The van der Waals surface area contributed by atoms with Gasteiger partial charge in [0, 0.05) is 22.7 Å². The van der Waals surface area contributed by atoms with Crippen LogP contribution in [0.3, 0.4) is 0 Å². The molecule has 0 amide bonds. The quantitative estimate of drug-likeness (QED) is 0.540. The van der Waals surface area contributed by atoms with E-state index in [1.807, 2.05) is 24.3 Å². The minimum atomic E-state index is -0.800. The van der Waals surface area contributed by atoms with Crippen LogP contribution in [0.25, 0.3) is 22.4 Å². The number of aromatic amines is 1. The van der Waals surface area contributed by atoms with Gasteiger partial charge in [0.25, 0.3) is 0 Å². The summed E-state index contributed by atoms with van der Waals surface area (Å²) in [4.78, 5) is 8.46. The Balaban J connectivity index is 1.54. The van der Waals surface area contributed by atoms with Crippen LogP contribution < -0.4 is 5.32 Å². The van der Waals surface area contributed by atoms with Crippen molar-refractivity contribution in [2.24, 2.45) is 0 Å². The van der Waals surface area contributed by atoms with E-state index in [0.717, 1.165) is 47.1 Å². The van der Waals surface area contributed by atoms with Crippen molar-refractivity contribution in [3.05, 3.63) is 59.9 Å². The molecule has 5 rings (SSSR count).